The smallest absolute Gasteiger partial charge is 0.223 e. The van der Waals surface area contributed by atoms with Crippen LogP contribution < -0.4 is 10.1 Å². The largest absolute Gasteiger partial charge is 0.494 e. The highest BCUT2D eigenvalue weighted by Crippen LogP contribution is 2.07. The van der Waals surface area contributed by atoms with Crippen LogP contribution in [-0.4, -0.2) is 27.0 Å². The molecule has 0 atom stereocenters. The molecule has 0 saturated carbocycles. The molecular weight excluding hydrogens is 218 g/mol. The van der Waals surface area contributed by atoms with E-state index in [0.29, 0.717) is 18.2 Å². The van der Waals surface area contributed by atoms with Crippen molar-refractivity contribution in [3.8, 4) is 5.75 Å². The molecule has 6 nitrogen and oxygen atoms in total. The monoisotopic (exact) mass is 231 g/mol. The second-order valence-corrected chi connectivity index (χ2v) is 3.45. The number of nitrogens with one attached hydrogen (secondary N) is 1. The van der Waals surface area contributed by atoms with E-state index >= 15 is 0 Å². The number of methoxy groups -OCH3 is 1. The van der Waals surface area contributed by atoms with Gasteiger partial charge in [-0.2, -0.15) is 0 Å². The summed E-state index contributed by atoms with van der Waals surface area (Å²) in [4.78, 5) is 16.6. The van der Waals surface area contributed by atoms with Crippen LogP contribution in [0.2, 0.25) is 0 Å². The molecule has 0 aliphatic rings. The topological polar surface area (TPSA) is 72.8 Å². The van der Waals surface area contributed by atoms with Crippen LogP contribution in [-0.2, 0) is 6.54 Å². The number of aromatic nitrogens is 4. The van der Waals surface area contributed by atoms with Gasteiger partial charge in [-0.25, -0.2) is 9.97 Å². The maximum absolute atomic E-state index is 4.97. The summed E-state index contributed by atoms with van der Waals surface area (Å²) in [6.45, 7) is 2.44. The minimum atomic E-state index is 0.535. The zero-order chi connectivity index (χ0) is 12.1. The Labute approximate surface area is 99.1 Å². The van der Waals surface area contributed by atoms with Crippen LogP contribution in [0.15, 0.2) is 24.8 Å². The number of hydrogen-bond acceptors (Lipinski definition) is 6. The van der Waals surface area contributed by atoms with Gasteiger partial charge < -0.3 is 10.1 Å². The first kappa shape index (κ1) is 11.3. The normalized spacial score (nSPS) is 10.0. The van der Waals surface area contributed by atoms with Crippen LogP contribution in [0, 0.1) is 6.92 Å². The molecule has 0 spiro atoms. The summed E-state index contributed by atoms with van der Waals surface area (Å²) in [6, 6.07) is 0. The second kappa shape index (κ2) is 5.20. The molecule has 0 saturated heterocycles. The van der Waals surface area contributed by atoms with Gasteiger partial charge in [0.25, 0.3) is 0 Å². The number of ether oxygens (including phenoxy) is 1. The van der Waals surface area contributed by atoms with Crippen molar-refractivity contribution in [2.24, 2.45) is 0 Å². The molecule has 0 aromatic carbocycles. The number of nitrogens with zero attached hydrogens (tertiary/aromatic N) is 4. The second-order valence-electron chi connectivity index (χ2n) is 3.45. The average Bonchev–Trinajstić information content (AvgIpc) is 2.39. The minimum Gasteiger partial charge on any atom is -0.494 e. The van der Waals surface area contributed by atoms with E-state index < -0.39 is 0 Å². The lowest BCUT2D eigenvalue weighted by Crippen LogP contribution is -2.05. The lowest BCUT2D eigenvalue weighted by molar-refractivity contribution is 0.411. The molecule has 2 rings (SSSR count). The molecular formula is C11H13N5O. The molecule has 2 heterocycles. The number of aryl methyl sites for hydroxylation is 1. The molecule has 0 unspecified atom stereocenters. The Morgan fingerprint density at radius 3 is 2.41 bits per heavy atom. The predicted molar refractivity (Wildman–Crippen MR) is 62.7 cm³/mol. The molecule has 88 valence electrons. The van der Waals surface area contributed by atoms with Crippen molar-refractivity contribution >= 4 is 5.95 Å². The van der Waals surface area contributed by atoms with Crippen LogP contribution in [0.5, 0.6) is 5.75 Å². The average molecular weight is 231 g/mol. The summed E-state index contributed by atoms with van der Waals surface area (Å²) in [6.07, 6.45) is 6.67. The zero-order valence-electron chi connectivity index (χ0n) is 9.71. The SMILES string of the molecule is COc1cnc(NCc2cnc(C)cn2)nc1. The molecule has 1 N–H and O–H groups in total. The van der Waals surface area contributed by atoms with E-state index in [1.807, 2.05) is 6.92 Å². The molecule has 0 bridgehead atoms. The van der Waals surface area contributed by atoms with Gasteiger partial charge in [0.15, 0.2) is 5.75 Å². The molecule has 17 heavy (non-hydrogen) atoms. The van der Waals surface area contributed by atoms with Gasteiger partial charge in [0.05, 0.1) is 43.6 Å². The van der Waals surface area contributed by atoms with Crippen LogP contribution in [0.3, 0.4) is 0 Å². The van der Waals surface area contributed by atoms with E-state index in [1.54, 1.807) is 31.9 Å². The third-order valence-corrected chi connectivity index (χ3v) is 2.13. The zero-order valence-corrected chi connectivity index (χ0v) is 9.71. The van der Waals surface area contributed by atoms with E-state index in [9.17, 15) is 0 Å². The molecule has 6 heteroatoms. The lowest BCUT2D eigenvalue weighted by atomic mass is 10.4. The summed E-state index contributed by atoms with van der Waals surface area (Å²) in [5, 5.41) is 3.05. The Kier molecular flexibility index (Phi) is 3.44. The van der Waals surface area contributed by atoms with Gasteiger partial charge in [0, 0.05) is 6.20 Å². The quantitative estimate of drug-likeness (QED) is 0.852. The first-order chi connectivity index (χ1) is 8.28. The van der Waals surface area contributed by atoms with E-state index in [0.717, 1.165) is 11.4 Å². The van der Waals surface area contributed by atoms with Gasteiger partial charge in [-0.05, 0) is 6.92 Å². The van der Waals surface area contributed by atoms with Crippen molar-refractivity contribution in [1.82, 2.24) is 19.9 Å². The number of anilines is 1. The summed E-state index contributed by atoms with van der Waals surface area (Å²) in [7, 11) is 1.58. The van der Waals surface area contributed by atoms with Crippen molar-refractivity contribution in [1.29, 1.82) is 0 Å². The maximum atomic E-state index is 4.97. The van der Waals surface area contributed by atoms with Crippen molar-refractivity contribution in [2.75, 3.05) is 12.4 Å². The van der Waals surface area contributed by atoms with Crippen LogP contribution in [0.25, 0.3) is 0 Å². The Balaban J connectivity index is 1.95. The molecule has 0 aliphatic carbocycles. The fourth-order valence-electron chi connectivity index (χ4n) is 1.19. The Morgan fingerprint density at radius 1 is 1.06 bits per heavy atom. The summed E-state index contributed by atoms with van der Waals surface area (Å²) >= 11 is 0. The predicted octanol–water partition coefficient (Wildman–Crippen LogP) is 1.20. The highest BCUT2D eigenvalue weighted by molar-refractivity contribution is 5.27. The Bertz CT molecular complexity index is 468. The van der Waals surface area contributed by atoms with Crippen LogP contribution in [0.4, 0.5) is 5.95 Å². The van der Waals surface area contributed by atoms with Crippen molar-refractivity contribution in [3.63, 3.8) is 0 Å². The molecule has 0 fully saturated rings. The van der Waals surface area contributed by atoms with E-state index in [1.165, 1.54) is 0 Å². The van der Waals surface area contributed by atoms with Gasteiger partial charge in [-0.1, -0.05) is 0 Å². The van der Waals surface area contributed by atoms with Gasteiger partial charge in [0.2, 0.25) is 5.95 Å². The van der Waals surface area contributed by atoms with Gasteiger partial charge in [-0.3, -0.25) is 9.97 Å². The lowest BCUT2D eigenvalue weighted by Gasteiger charge is -2.04. The third-order valence-electron chi connectivity index (χ3n) is 2.13. The Hall–Kier alpha value is -2.24. The van der Waals surface area contributed by atoms with Crippen molar-refractivity contribution in [2.45, 2.75) is 13.5 Å². The van der Waals surface area contributed by atoms with Gasteiger partial charge in [0.1, 0.15) is 0 Å². The fraction of sp³-hybridized carbons (Fsp3) is 0.273. The molecule has 2 aromatic rings. The number of hydrogen-bond donors (Lipinski definition) is 1. The highest BCUT2D eigenvalue weighted by atomic mass is 16.5. The van der Waals surface area contributed by atoms with Gasteiger partial charge in [-0.15, -0.1) is 0 Å². The first-order valence-electron chi connectivity index (χ1n) is 5.15. The van der Waals surface area contributed by atoms with Crippen molar-refractivity contribution < 1.29 is 4.74 Å². The minimum absolute atomic E-state index is 0.535. The maximum Gasteiger partial charge on any atom is 0.223 e. The van der Waals surface area contributed by atoms with Crippen molar-refractivity contribution in [3.05, 3.63) is 36.2 Å². The van der Waals surface area contributed by atoms with Crippen LogP contribution in [0.1, 0.15) is 11.4 Å². The standard InChI is InChI=1S/C11H13N5O/c1-8-3-13-9(4-12-8)5-14-11-15-6-10(17-2)7-16-11/h3-4,6-7H,5H2,1-2H3,(H,14,15,16). The molecule has 0 radical (unpaired) electrons. The van der Waals surface area contributed by atoms with Gasteiger partial charge >= 0.3 is 0 Å². The summed E-state index contributed by atoms with van der Waals surface area (Å²) < 4.78 is 4.97. The third kappa shape index (κ3) is 3.10. The molecule has 0 amide bonds. The van der Waals surface area contributed by atoms with Crippen LogP contribution >= 0.6 is 0 Å². The first-order valence-corrected chi connectivity index (χ1v) is 5.15. The summed E-state index contributed by atoms with van der Waals surface area (Å²) in [5.41, 5.74) is 1.74. The van der Waals surface area contributed by atoms with E-state index in [4.69, 9.17) is 4.74 Å². The summed E-state index contributed by atoms with van der Waals surface area (Å²) in [5.74, 6) is 1.17. The highest BCUT2D eigenvalue weighted by Gasteiger charge is 1.99. The molecule has 2 aromatic heterocycles. The Morgan fingerprint density at radius 2 is 1.82 bits per heavy atom. The molecule has 0 aliphatic heterocycles. The fourth-order valence-corrected chi connectivity index (χ4v) is 1.19. The van der Waals surface area contributed by atoms with E-state index in [-0.39, 0.29) is 0 Å². The van der Waals surface area contributed by atoms with E-state index in [2.05, 4.69) is 25.3 Å². The number of rotatable bonds is 4.